The molecule has 1 aromatic carbocycles. The maximum atomic E-state index is 12.6. The Kier molecular flexibility index (Phi) is 7.65. The summed E-state index contributed by atoms with van der Waals surface area (Å²) in [4.78, 5) is 37.6. The zero-order chi connectivity index (χ0) is 21.4. The molecule has 0 atom stereocenters. The van der Waals surface area contributed by atoms with Crippen molar-refractivity contribution < 1.29 is 27.6 Å². The van der Waals surface area contributed by atoms with Gasteiger partial charge in [0.05, 0.1) is 12.1 Å². The quantitative estimate of drug-likeness (QED) is 0.704. The van der Waals surface area contributed by atoms with Gasteiger partial charge in [0.15, 0.2) is 0 Å². The van der Waals surface area contributed by atoms with Crippen LogP contribution in [0.5, 0.6) is 0 Å². The summed E-state index contributed by atoms with van der Waals surface area (Å²) in [6.45, 7) is 0.999. The molecule has 0 aliphatic carbocycles. The SMILES string of the molecule is C#CCNC(=O)CCNC(=O)C1CCN(C(=O)c2ccc(C(F)(F)F)cc2)CC1. The van der Waals surface area contributed by atoms with E-state index in [1.807, 2.05) is 0 Å². The third-order valence-electron chi connectivity index (χ3n) is 4.65. The zero-order valence-corrected chi connectivity index (χ0v) is 15.7. The average Bonchev–Trinajstić information content (AvgIpc) is 2.71. The largest absolute Gasteiger partial charge is 0.416 e. The Morgan fingerprint density at radius 1 is 1.10 bits per heavy atom. The molecular weight excluding hydrogens is 387 g/mol. The third kappa shape index (κ3) is 6.52. The number of likely N-dealkylation sites (tertiary alicyclic amines) is 1. The minimum atomic E-state index is -4.45. The molecule has 0 saturated carbocycles. The number of carbonyl (C=O) groups is 3. The summed E-state index contributed by atoms with van der Waals surface area (Å²) in [5.74, 6) is 1.21. The van der Waals surface area contributed by atoms with E-state index in [9.17, 15) is 27.6 Å². The van der Waals surface area contributed by atoms with Gasteiger partial charge < -0.3 is 15.5 Å². The van der Waals surface area contributed by atoms with Gasteiger partial charge in [0.2, 0.25) is 11.8 Å². The Labute approximate surface area is 166 Å². The number of alkyl halides is 3. The molecule has 0 spiro atoms. The summed E-state index contributed by atoms with van der Waals surface area (Å²) in [5, 5.41) is 5.19. The number of halogens is 3. The second kappa shape index (κ2) is 9.96. The molecule has 0 bridgehead atoms. The molecule has 1 aromatic rings. The number of rotatable bonds is 6. The van der Waals surface area contributed by atoms with Crippen LogP contribution >= 0.6 is 0 Å². The van der Waals surface area contributed by atoms with Gasteiger partial charge in [-0.1, -0.05) is 5.92 Å². The molecule has 156 valence electrons. The van der Waals surface area contributed by atoms with Crippen LogP contribution in [0.25, 0.3) is 0 Å². The number of carbonyl (C=O) groups excluding carboxylic acids is 3. The van der Waals surface area contributed by atoms with Crippen molar-refractivity contribution in [3.05, 3.63) is 35.4 Å². The molecule has 6 nitrogen and oxygen atoms in total. The van der Waals surface area contributed by atoms with E-state index in [1.54, 1.807) is 0 Å². The molecule has 29 heavy (non-hydrogen) atoms. The number of amides is 3. The number of nitrogens with one attached hydrogen (secondary N) is 2. The van der Waals surface area contributed by atoms with Gasteiger partial charge in [-0.2, -0.15) is 13.2 Å². The van der Waals surface area contributed by atoms with Gasteiger partial charge in [0.1, 0.15) is 0 Å². The number of benzene rings is 1. The van der Waals surface area contributed by atoms with Crippen LogP contribution < -0.4 is 10.6 Å². The summed E-state index contributed by atoms with van der Waals surface area (Å²) in [6.07, 6.45) is 1.60. The molecule has 1 aliphatic heterocycles. The van der Waals surface area contributed by atoms with Gasteiger partial charge in [0, 0.05) is 37.5 Å². The van der Waals surface area contributed by atoms with Crippen molar-refractivity contribution in [3.63, 3.8) is 0 Å². The molecule has 2 N–H and O–H groups in total. The highest BCUT2D eigenvalue weighted by atomic mass is 19.4. The first-order chi connectivity index (χ1) is 13.7. The molecule has 1 fully saturated rings. The fraction of sp³-hybridized carbons (Fsp3) is 0.450. The molecule has 9 heteroatoms. The van der Waals surface area contributed by atoms with Crippen LogP contribution in [0.2, 0.25) is 0 Å². The monoisotopic (exact) mass is 409 g/mol. The summed E-state index contributed by atoms with van der Waals surface area (Å²) in [6, 6.07) is 4.09. The number of terminal acetylenes is 1. The van der Waals surface area contributed by atoms with E-state index in [0.717, 1.165) is 24.3 Å². The Balaban J connectivity index is 1.78. The number of nitrogens with zero attached hydrogens (tertiary/aromatic N) is 1. The van der Waals surface area contributed by atoms with Crippen molar-refractivity contribution in [1.29, 1.82) is 0 Å². The van der Waals surface area contributed by atoms with E-state index in [-0.39, 0.29) is 48.7 Å². The fourth-order valence-corrected chi connectivity index (χ4v) is 3.01. The lowest BCUT2D eigenvalue weighted by Crippen LogP contribution is -2.43. The van der Waals surface area contributed by atoms with Crippen LogP contribution in [0.4, 0.5) is 13.2 Å². The molecule has 0 aromatic heterocycles. The number of piperidine rings is 1. The van der Waals surface area contributed by atoms with Crippen molar-refractivity contribution in [2.75, 3.05) is 26.2 Å². The maximum absolute atomic E-state index is 12.6. The third-order valence-corrected chi connectivity index (χ3v) is 4.65. The van der Waals surface area contributed by atoms with Gasteiger partial charge in [0.25, 0.3) is 5.91 Å². The standard InChI is InChI=1S/C20H22F3N3O3/c1-2-10-24-17(27)7-11-25-18(28)14-8-12-26(13-9-14)19(29)15-3-5-16(6-4-15)20(21,22)23/h1,3-6,14H,7-13H2,(H,24,27)(H,25,28). The lowest BCUT2D eigenvalue weighted by Gasteiger charge is -2.31. The molecule has 1 aliphatic rings. The highest BCUT2D eigenvalue weighted by molar-refractivity contribution is 5.94. The first kappa shape index (κ1) is 22.3. The topological polar surface area (TPSA) is 78.5 Å². The summed E-state index contributed by atoms with van der Waals surface area (Å²) >= 11 is 0. The summed E-state index contributed by atoms with van der Waals surface area (Å²) < 4.78 is 37.9. The number of hydrogen-bond donors (Lipinski definition) is 2. The molecule has 1 heterocycles. The van der Waals surface area contributed by atoms with Crippen LogP contribution in [-0.4, -0.2) is 48.8 Å². The van der Waals surface area contributed by atoms with E-state index >= 15 is 0 Å². The maximum Gasteiger partial charge on any atom is 0.416 e. The summed E-state index contributed by atoms with van der Waals surface area (Å²) in [7, 11) is 0. The van der Waals surface area contributed by atoms with E-state index in [1.165, 1.54) is 4.90 Å². The van der Waals surface area contributed by atoms with Crippen molar-refractivity contribution in [1.82, 2.24) is 15.5 Å². The predicted octanol–water partition coefficient (Wildman–Crippen LogP) is 1.81. The van der Waals surface area contributed by atoms with Gasteiger partial charge in [-0.3, -0.25) is 14.4 Å². The fourth-order valence-electron chi connectivity index (χ4n) is 3.01. The first-order valence-electron chi connectivity index (χ1n) is 9.16. The average molecular weight is 409 g/mol. The minimum Gasteiger partial charge on any atom is -0.355 e. The second-order valence-corrected chi connectivity index (χ2v) is 6.66. The predicted molar refractivity (Wildman–Crippen MR) is 99.5 cm³/mol. The van der Waals surface area contributed by atoms with E-state index in [2.05, 4.69) is 16.6 Å². The smallest absolute Gasteiger partial charge is 0.355 e. The van der Waals surface area contributed by atoms with Crippen molar-refractivity contribution in [2.45, 2.75) is 25.4 Å². The van der Waals surface area contributed by atoms with Gasteiger partial charge in [-0.25, -0.2) is 0 Å². The summed E-state index contributed by atoms with van der Waals surface area (Å²) in [5.41, 5.74) is -0.628. The lowest BCUT2D eigenvalue weighted by atomic mass is 9.95. The molecule has 0 radical (unpaired) electrons. The van der Waals surface area contributed by atoms with Crippen molar-refractivity contribution >= 4 is 17.7 Å². The van der Waals surface area contributed by atoms with E-state index < -0.39 is 11.7 Å². The Morgan fingerprint density at radius 3 is 2.28 bits per heavy atom. The second-order valence-electron chi connectivity index (χ2n) is 6.66. The normalized spacial score (nSPS) is 14.8. The van der Waals surface area contributed by atoms with Crippen molar-refractivity contribution in [2.24, 2.45) is 5.92 Å². The zero-order valence-electron chi connectivity index (χ0n) is 15.7. The van der Waals surface area contributed by atoms with E-state index in [4.69, 9.17) is 6.42 Å². The van der Waals surface area contributed by atoms with Gasteiger partial charge in [-0.15, -0.1) is 6.42 Å². The van der Waals surface area contributed by atoms with Crippen LogP contribution in [0, 0.1) is 18.3 Å². The lowest BCUT2D eigenvalue weighted by molar-refractivity contribution is -0.137. The van der Waals surface area contributed by atoms with Crippen LogP contribution in [0.1, 0.15) is 35.2 Å². The first-order valence-corrected chi connectivity index (χ1v) is 9.16. The van der Waals surface area contributed by atoms with E-state index in [0.29, 0.717) is 25.9 Å². The Morgan fingerprint density at radius 2 is 1.72 bits per heavy atom. The van der Waals surface area contributed by atoms with Gasteiger partial charge in [-0.05, 0) is 37.1 Å². The Hall–Kier alpha value is -3.02. The molecule has 1 saturated heterocycles. The van der Waals surface area contributed by atoms with Crippen LogP contribution in [0.15, 0.2) is 24.3 Å². The highest BCUT2D eigenvalue weighted by Crippen LogP contribution is 2.29. The molecular formula is C20H22F3N3O3. The van der Waals surface area contributed by atoms with Crippen LogP contribution in [0.3, 0.4) is 0 Å². The number of hydrogen-bond acceptors (Lipinski definition) is 3. The molecule has 2 rings (SSSR count). The van der Waals surface area contributed by atoms with Crippen LogP contribution in [-0.2, 0) is 15.8 Å². The Bertz CT molecular complexity index is 777. The van der Waals surface area contributed by atoms with Gasteiger partial charge >= 0.3 is 6.18 Å². The molecule has 0 unspecified atom stereocenters. The highest BCUT2D eigenvalue weighted by Gasteiger charge is 2.31. The molecule has 3 amide bonds. The van der Waals surface area contributed by atoms with Crippen molar-refractivity contribution in [3.8, 4) is 12.3 Å². The minimum absolute atomic E-state index is 0.124.